The highest BCUT2D eigenvalue weighted by Crippen LogP contribution is 2.28. The van der Waals surface area contributed by atoms with Gasteiger partial charge in [0.25, 0.3) is 0 Å². The zero-order valence-electron chi connectivity index (χ0n) is 14.6. The average Bonchev–Trinajstić information content (AvgIpc) is 3.03. The normalized spacial score (nSPS) is 20.2. The number of anilines is 2. The maximum Gasteiger partial charge on any atom is 0.230 e. The number of carbonyl (C=O) groups excluding carboxylic acids is 1. The van der Waals surface area contributed by atoms with Gasteiger partial charge in [-0.3, -0.25) is 4.79 Å². The van der Waals surface area contributed by atoms with Gasteiger partial charge in [-0.25, -0.2) is 0 Å². The molecule has 5 nitrogen and oxygen atoms in total. The molecule has 1 aliphatic carbocycles. The van der Waals surface area contributed by atoms with Gasteiger partial charge >= 0.3 is 0 Å². The molecule has 1 aromatic carbocycles. The standard InChI is InChI=1S/C18H24N4OS2/c1-12-6-5-8-14(10-12)19-17-21-22-18(25-17)24-11-16(23)20-15-9-4-3-7-13(15)2/h5-6,8,10,13,15H,3-4,7,9,11H2,1-2H3,(H,19,21)(H,20,23). The number of rotatable bonds is 6. The third-order valence-electron chi connectivity index (χ3n) is 4.46. The molecule has 0 spiro atoms. The van der Waals surface area contributed by atoms with Crippen LogP contribution >= 0.6 is 23.1 Å². The Balaban J connectivity index is 1.47. The van der Waals surface area contributed by atoms with Crippen molar-refractivity contribution in [2.45, 2.75) is 49.9 Å². The van der Waals surface area contributed by atoms with Crippen molar-refractivity contribution in [1.82, 2.24) is 15.5 Å². The van der Waals surface area contributed by atoms with Crippen LogP contribution in [0.2, 0.25) is 0 Å². The lowest BCUT2D eigenvalue weighted by Crippen LogP contribution is -2.41. The average molecular weight is 377 g/mol. The van der Waals surface area contributed by atoms with E-state index < -0.39 is 0 Å². The molecule has 2 N–H and O–H groups in total. The van der Waals surface area contributed by atoms with Crippen molar-refractivity contribution >= 4 is 39.8 Å². The molecular formula is C18H24N4OS2. The minimum Gasteiger partial charge on any atom is -0.352 e. The molecule has 1 heterocycles. The van der Waals surface area contributed by atoms with E-state index in [4.69, 9.17) is 0 Å². The van der Waals surface area contributed by atoms with E-state index in [1.54, 1.807) is 0 Å². The smallest absolute Gasteiger partial charge is 0.230 e. The highest BCUT2D eigenvalue weighted by atomic mass is 32.2. The summed E-state index contributed by atoms with van der Waals surface area (Å²) in [5.74, 6) is 1.06. The van der Waals surface area contributed by atoms with Gasteiger partial charge in [0, 0.05) is 11.7 Å². The highest BCUT2D eigenvalue weighted by molar-refractivity contribution is 8.01. The number of nitrogens with one attached hydrogen (secondary N) is 2. The third-order valence-corrected chi connectivity index (χ3v) is 6.43. The minimum absolute atomic E-state index is 0.0899. The Hall–Kier alpha value is -1.60. The molecule has 2 unspecified atom stereocenters. The molecule has 1 aromatic heterocycles. The van der Waals surface area contributed by atoms with Crippen LogP contribution in [0.3, 0.4) is 0 Å². The van der Waals surface area contributed by atoms with E-state index in [0.29, 0.717) is 17.7 Å². The molecule has 1 amide bonds. The monoisotopic (exact) mass is 376 g/mol. The van der Waals surface area contributed by atoms with Gasteiger partial charge in [0.15, 0.2) is 4.34 Å². The predicted octanol–water partition coefficient (Wildman–Crippen LogP) is 4.38. The Labute approximate surface area is 157 Å². The van der Waals surface area contributed by atoms with Crippen molar-refractivity contribution in [1.29, 1.82) is 0 Å². The fraction of sp³-hybridized carbons (Fsp3) is 0.500. The first-order valence-corrected chi connectivity index (χ1v) is 10.5. The van der Waals surface area contributed by atoms with Crippen LogP contribution in [-0.4, -0.2) is 27.9 Å². The molecule has 134 valence electrons. The minimum atomic E-state index is 0.0899. The number of carbonyl (C=O) groups is 1. The molecular weight excluding hydrogens is 352 g/mol. The molecule has 0 bridgehead atoms. The van der Waals surface area contributed by atoms with Gasteiger partial charge in [-0.2, -0.15) is 0 Å². The summed E-state index contributed by atoms with van der Waals surface area (Å²) in [5.41, 5.74) is 2.19. The quantitative estimate of drug-likeness (QED) is 0.733. The third kappa shape index (κ3) is 5.44. The summed E-state index contributed by atoms with van der Waals surface area (Å²) in [6.45, 7) is 4.28. The summed E-state index contributed by atoms with van der Waals surface area (Å²) in [5, 5.41) is 15.5. The number of amides is 1. The van der Waals surface area contributed by atoms with Crippen LogP contribution in [0.15, 0.2) is 28.6 Å². The SMILES string of the molecule is Cc1cccc(Nc2nnc(SCC(=O)NC3CCCCC3C)s2)c1. The van der Waals surface area contributed by atoms with Crippen LogP contribution in [0, 0.1) is 12.8 Å². The fourth-order valence-corrected chi connectivity index (χ4v) is 4.65. The zero-order chi connectivity index (χ0) is 17.6. The Morgan fingerprint density at radius 1 is 1.32 bits per heavy atom. The second-order valence-electron chi connectivity index (χ2n) is 6.59. The summed E-state index contributed by atoms with van der Waals surface area (Å²) >= 11 is 2.92. The Morgan fingerprint density at radius 2 is 2.16 bits per heavy atom. The fourth-order valence-electron chi connectivity index (χ4n) is 3.07. The Kier molecular flexibility index (Phi) is 6.31. The molecule has 1 aliphatic rings. The van der Waals surface area contributed by atoms with Crippen molar-refractivity contribution < 1.29 is 4.79 Å². The van der Waals surface area contributed by atoms with Crippen LogP contribution in [0.1, 0.15) is 38.2 Å². The van der Waals surface area contributed by atoms with Gasteiger partial charge in [0.1, 0.15) is 0 Å². The first kappa shape index (κ1) is 18.2. The van der Waals surface area contributed by atoms with Crippen LogP contribution in [0.4, 0.5) is 10.8 Å². The number of thioether (sulfide) groups is 1. The van der Waals surface area contributed by atoms with Crippen LogP contribution < -0.4 is 10.6 Å². The molecule has 0 aliphatic heterocycles. The lowest BCUT2D eigenvalue weighted by atomic mass is 9.86. The summed E-state index contributed by atoms with van der Waals surface area (Å²) in [7, 11) is 0. The van der Waals surface area contributed by atoms with E-state index in [0.717, 1.165) is 21.6 Å². The summed E-state index contributed by atoms with van der Waals surface area (Å²) in [6.07, 6.45) is 4.81. The van der Waals surface area contributed by atoms with E-state index in [2.05, 4.69) is 46.8 Å². The first-order valence-electron chi connectivity index (χ1n) is 8.69. The largest absolute Gasteiger partial charge is 0.352 e. The van der Waals surface area contributed by atoms with Crippen molar-refractivity contribution in [2.75, 3.05) is 11.1 Å². The maximum absolute atomic E-state index is 12.2. The summed E-state index contributed by atoms with van der Waals surface area (Å²) in [6, 6.07) is 8.45. The van der Waals surface area contributed by atoms with E-state index in [1.165, 1.54) is 47.9 Å². The Morgan fingerprint density at radius 3 is 2.96 bits per heavy atom. The number of aryl methyl sites for hydroxylation is 1. The van der Waals surface area contributed by atoms with E-state index in [1.807, 2.05) is 12.1 Å². The van der Waals surface area contributed by atoms with Gasteiger partial charge in [-0.1, -0.05) is 55.0 Å². The van der Waals surface area contributed by atoms with Crippen molar-refractivity contribution in [2.24, 2.45) is 5.92 Å². The molecule has 0 radical (unpaired) electrons. The second kappa shape index (κ2) is 8.67. The number of nitrogens with zero attached hydrogens (tertiary/aromatic N) is 2. The van der Waals surface area contributed by atoms with Gasteiger partial charge in [0.2, 0.25) is 11.0 Å². The molecule has 3 rings (SSSR count). The topological polar surface area (TPSA) is 66.9 Å². The summed E-state index contributed by atoms with van der Waals surface area (Å²) < 4.78 is 0.807. The van der Waals surface area contributed by atoms with Crippen molar-refractivity contribution in [3.63, 3.8) is 0 Å². The molecule has 25 heavy (non-hydrogen) atoms. The van der Waals surface area contributed by atoms with E-state index in [9.17, 15) is 4.79 Å². The van der Waals surface area contributed by atoms with E-state index in [-0.39, 0.29) is 5.91 Å². The molecule has 2 atom stereocenters. The maximum atomic E-state index is 12.2. The van der Waals surface area contributed by atoms with Gasteiger partial charge < -0.3 is 10.6 Å². The highest BCUT2D eigenvalue weighted by Gasteiger charge is 2.22. The first-order chi connectivity index (χ1) is 12.1. The van der Waals surface area contributed by atoms with Crippen molar-refractivity contribution in [3.8, 4) is 0 Å². The molecule has 1 saturated carbocycles. The predicted molar refractivity (Wildman–Crippen MR) is 105 cm³/mol. The molecule has 2 aromatic rings. The number of hydrogen-bond donors (Lipinski definition) is 2. The lowest BCUT2D eigenvalue weighted by Gasteiger charge is -2.29. The summed E-state index contributed by atoms with van der Waals surface area (Å²) in [4.78, 5) is 12.2. The van der Waals surface area contributed by atoms with Crippen LogP contribution in [0.5, 0.6) is 0 Å². The lowest BCUT2D eigenvalue weighted by molar-refractivity contribution is -0.119. The van der Waals surface area contributed by atoms with Crippen LogP contribution in [0.25, 0.3) is 0 Å². The van der Waals surface area contributed by atoms with Crippen molar-refractivity contribution in [3.05, 3.63) is 29.8 Å². The van der Waals surface area contributed by atoms with Gasteiger partial charge in [0.05, 0.1) is 5.75 Å². The molecule has 7 heteroatoms. The van der Waals surface area contributed by atoms with Gasteiger partial charge in [-0.15, -0.1) is 10.2 Å². The molecule has 0 saturated heterocycles. The van der Waals surface area contributed by atoms with Gasteiger partial charge in [-0.05, 0) is 43.4 Å². The molecule has 1 fully saturated rings. The Bertz CT molecular complexity index is 719. The zero-order valence-corrected chi connectivity index (χ0v) is 16.3. The second-order valence-corrected chi connectivity index (χ2v) is 8.79. The number of aromatic nitrogens is 2. The van der Waals surface area contributed by atoms with E-state index >= 15 is 0 Å². The van der Waals surface area contributed by atoms with Crippen LogP contribution in [-0.2, 0) is 4.79 Å². The number of benzene rings is 1. The number of hydrogen-bond acceptors (Lipinski definition) is 6.